The highest BCUT2D eigenvalue weighted by atomic mass is 13.9. The predicted octanol–water partition coefficient (Wildman–Crippen LogP) is 5.02. The van der Waals surface area contributed by atoms with Crippen molar-refractivity contribution in [3.8, 4) is 0 Å². The lowest BCUT2D eigenvalue weighted by atomic mass is 10.1. The summed E-state index contributed by atoms with van der Waals surface area (Å²) < 4.78 is 0. The summed E-state index contributed by atoms with van der Waals surface area (Å²) in [6.45, 7) is 10.0. The molecule has 2 aromatic carbocycles. The second-order valence-electron chi connectivity index (χ2n) is 4.30. The number of hydrogen-bond acceptors (Lipinski definition) is 0. The molecule has 0 aromatic heterocycles. The van der Waals surface area contributed by atoms with Gasteiger partial charge in [0.15, 0.2) is 0 Å². The summed E-state index contributed by atoms with van der Waals surface area (Å²) in [6, 6.07) is 18.7. The van der Waals surface area contributed by atoms with Crippen molar-refractivity contribution >= 4 is 5.57 Å². The highest BCUT2D eigenvalue weighted by Gasteiger charge is 1.89. The Bertz CT molecular complexity index is 449. The third-order valence-corrected chi connectivity index (χ3v) is 2.48. The summed E-state index contributed by atoms with van der Waals surface area (Å²) in [4.78, 5) is 0. The molecule has 2 aromatic rings. The Kier molecular flexibility index (Phi) is 5.22. The van der Waals surface area contributed by atoms with Crippen molar-refractivity contribution in [2.24, 2.45) is 0 Å². The Morgan fingerprint density at radius 3 is 1.59 bits per heavy atom. The molecule has 0 atom stereocenters. The molecule has 17 heavy (non-hydrogen) atoms. The van der Waals surface area contributed by atoms with E-state index in [1.807, 2.05) is 25.1 Å². The SMILES string of the molecule is C=C(C)c1ccc(C)cc1.Cc1ccccc1. The van der Waals surface area contributed by atoms with Gasteiger partial charge in [-0.15, -0.1) is 0 Å². The molecule has 0 saturated carbocycles. The first-order valence-electron chi connectivity index (χ1n) is 5.84. The van der Waals surface area contributed by atoms with Crippen LogP contribution in [0.4, 0.5) is 0 Å². The summed E-state index contributed by atoms with van der Waals surface area (Å²) in [5, 5.41) is 0. The van der Waals surface area contributed by atoms with Gasteiger partial charge in [-0.3, -0.25) is 0 Å². The van der Waals surface area contributed by atoms with E-state index in [2.05, 4.69) is 56.8 Å². The molecule has 0 aliphatic carbocycles. The molecular formula is C17H20. The molecule has 0 heteroatoms. The lowest BCUT2D eigenvalue weighted by Crippen LogP contribution is -1.76. The van der Waals surface area contributed by atoms with Gasteiger partial charge in [0, 0.05) is 0 Å². The van der Waals surface area contributed by atoms with Gasteiger partial charge in [-0.05, 0) is 26.3 Å². The molecular weight excluding hydrogens is 204 g/mol. The Balaban J connectivity index is 0.000000181. The van der Waals surface area contributed by atoms with Crippen LogP contribution in [0.25, 0.3) is 5.57 Å². The van der Waals surface area contributed by atoms with Crippen LogP contribution in [0.15, 0.2) is 61.2 Å². The van der Waals surface area contributed by atoms with Gasteiger partial charge in [0.2, 0.25) is 0 Å². The van der Waals surface area contributed by atoms with Crippen LogP contribution in [0.5, 0.6) is 0 Å². The van der Waals surface area contributed by atoms with Crippen molar-refractivity contribution in [2.75, 3.05) is 0 Å². The molecule has 0 saturated heterocycles. The van der Waals surface area contributed by atoms with E-state index in [-0.39, 0.29) is 0 Å². The number of rotatable bonds is 1. The van der Waals surface area contributed by atoms with E-state index in [0.29, 0.717) is 0 Å². The maximum Gasteiger partial charge on any atom is -0.0233 e. The fraction of sp³-hybridized carbons (Fsp3) is 0.176. The first kappa shape index (κ1) is 13.2. The van der Waals surface area contributed by atoms with Gasteiger partial charge < -0.3 is 0 Å². The topological polar surface area (TPSA) is 0 Å². The van der Waals surface area contributed by atoms with Gasteiger partial charge in [0.1, 0.15) is 0 Å². The molecule has 0 spiro atoms. The average molecular weight is 224 g/mol. The third kappa shape index (κ3) is 5.17. The lowest BCUT2D eigenvalue weighted by molar-refractivity contribution is 1.45. The zero-order valence-corrected chi connectivity index (χ0v) is 10.9. The Labute approximate surface area is 105 Å². The van der Waals surface area contributed by atoms with Crippen molar-refractivity contribution < 1.29 is 0 Å². The Hall–Kier alpha value is -1.82. The molecule has 0 radical (unpaired) electrons. The Morgan fingerprint density at radius 2 is 1.24 bits per heavy atom. The number of hydrogen-bond donors (Lipinski definition) is 0. The fourth-order valence-corrected chi connectivity index (χ4v) is 1.37. The normalized spacial score (nSPS) is 9.12. The zero-order chi connectivity index (χ0) is 12.7. The summed E-state index contributed by atoms with van der Waals surface area (Å²) in [6.07, 6.45) is 0. The van der Waals surface area contributed by atoms with Crippen LogP contribution in [-0.4, -0.2) is 0 Å². The van der Waals surface area contributed by atoms with Crippen LogP contribution in [0.2, 0.25) is 0 Å². The lowest BCUT2D eigenvalue weighted by Gasteiger charge is -1.98. The van der Waals surface area contributed by atoms with Gasteiger partial charge in [-0.2, -0.15) is 0 Å². The Morgan fingerprint density at radius 1 is 0.765 bits per heavy atom. The van der Waals surface area contributed by atoms with E-state index in [9.17, 15) is 0 Å². The van der Waals surface area contributed by atoms with E-state index < -0.39 is 0 Å². The van der Waals surface area contributed by atoms with Gasteiger partial charge in [-0.1, -0.05) is 77.9 Å². The first-order valence-corrected chi connectivity index (χ1v) is 5.84. The van der Waals surface area contributed by atoms with E-state index in [4.69, 9.17) is 0 Å². The summed E-state index contributed by atoms with van der Waals surface area (Å²) in [5.74, 6) is 0. The highest BCUT2D eigenvalue weighted by Crippen LogP contribution is 2.11. The van der Waals surface area contributed by atoms with Crippen LogP contribution in [-0.2, 0) is 0 Å². The monoisotopic (exact) mass is 224 g/mol. The minimum Gasteiger partial charge on any atom is -0.0955 e. The molecule has 0 aliphatic heterocycles. The summed E-state index contributed by atoms with van der Waals surface area (Å²) in [7, 11) is 0. The molecule has 0 fully saturated rings. The maximum atomic E-state index is 3.86. The largest absolute Gasteiger partial charge is 0.0955 e. The average Bonchev–Trinajstić information content (AvgIpc) is 2.31. The number of aryl methyl sites for hydroxylation is 2. The summed E-state index contributed by atoms with van der Waals surface area (Å²) >= 11 is 0. The second kappa shape index (κ2) is 6.70. The number of allylic oxidation sites excluding steroid dienone is 1. The van der Waals surface area contributed by atoms with Crippen molar-refractivity contribution in [3.05, 3.63) is 77.9 Å². The van der Waals surface area contributed by atoms with Crippen LogP contribution in [0.1, 0.15) is 23.6 Å². The maximum absolute atomic E-state index is 3.86. The first-order chi connectivity index (χ1) is 8.09. The molecule has 0 unspecified atom stereocenters. The van der Waals surface area contributed by atoms with Crippen LogP contribution < -0.4 is 0 Å². The molecule has 0 aliphatic rings. The van der Waals surface area contributed by atoms with E-state index >= 15 is 0 Å². The molecule has 0 bridgehead atoms. The minimum absolute atomic E-state index is 1.13. The van der Waals surface area contributed by atoms with Crippen molar-refractivity contribution in [1.82, 2.24) is 0 Å². The van der Waals surface area contributed by atoms with E-state index in [1.54, 1.807) is 0 Å². The van der Waals surface area contributed by atoms with Gasteiger partial charge in [-0.25, -0.2) is 0 Å². The molecule has 0 heterocycles. The molecule has 2 rings (SSSR count). The number of benzene rings is 2. The van der Waals surface area contributed by atoms with Crippen molar-refractivity contribution in [1.29, 1.82) is 0 Å². The summed E-state index contributed by atoms with van der Waals surface area (Å²) in [5.41, 5.74) is 4.97. The quantitative estimate of drug-likeness (QED) is 0.637. The van der Waals surface area contributed by atoms with Crippen LogP contribution in [0, 0.1) is 13.8 Å². The van der Waals surface area contributed by atoms with Gasteiger partial charge in [0.25, 0.3) is 0 Å². The standard InChI is InChI=1S/C10H12.C7H8/c1-8(2)10-6-4-9(3)5-7-10;1-7-5-3-2-4-6-7/h4-7H,1H2,2-3H3;2-6H,1H3. The van der Waals surface area contributed by atoms with Crippen molar-refractivity contribution in [2.45, 2.75) is 20.8 Å². The predicted molar refractivity (Wildman–Crippen MR) is 77.1 cm³/mol. The molecule has 88 valence electrons. The highest BCUT2D eigenvalue weighted by molar-refractivity contribution is 5.61. The minimum atomic E-state index is 1.13. The fourth-order valence-electron chi connectivity index (χ4n) is 1.37. The van der Waals surface area contributed by atoms with Gasteiger partial charge in [0.05, 0.1) is 0 Å². The van der Waals surface area contributed by atoms with Crippen molar-refractivity contribution in [3.63, 3.8) is 0 Å². The molecule has 0 N–H and O–H groups in total. The van der Waals surface area contributed by atoms with E-state index in [0.717, 1.165) is 5.57 Å². The second-order valence-corrected chi connectivity index (χ2v) is 4.30. The van der Waals surface area contributed by atoms with Gasteiger partial charge >= 0.3 is 0 Å². The zero-order valence-electron chi connectivity index (χ0n) is 10.9. The van der Waals surface area contributed by atoms with Crippen LogP contribution >= 0.6 is 0 Å². The van der Waals surface area contributed by atoms with E-state index in [1.165, 1.54) is 16.7 Å². The molecule has 0 nitrogen and oxygen atoms in total. The smallest absolute Gasteiger partial charge is 0.0233 e. The third-order valence-electron chi connectivity index (χ3n) is 2.48. The molecule has 0 amide bonds. The van der Waals surface area contributed by atoms with Crippen LogP contribution in [0.3, 0.4) is 0 Å².